The summed E-state index contributed by atoms with van der Waals surface area (Å²) in [5.74, 6) is 0. The van der Waals surface area contributed by atoms with Gasteiger partial charge < -0.3 is 0 Å². The number of nitrogens with one attached hydrogen (secondary N) is 2. The quantitative estimate of drug-likeness (QED) is 0.812. The molecule has 0 aromatic carbocycles. The second kappa shape index (κ2) is 4.72. The van der Waals surface area contributed by atoms with Crippen molar-refractivity contribution in [1.29, 1.82) is 0 Å². The molecular weight excluding hydrogens is 270 g/mol. The average molecular weight is 280 g/mol. The molecule has 0 saturated heterocycles. The number of nitrogens with zero attached hydrogens (tertiary/aromatic N) is 1. The Bertz CT molecular complexity index is 407. The summed E-state index contributed by atoms with van der Waals surface area (Å²) in [6, 6.07) is 3.26. The molecule has 0 radical (unpaired) electrons. The Morgan fingerprint density at radius 1 is 1.57 bits per heavy atom. The van der Waals surface area contributed by atoms with Crippen molar-refractivity contribution in [2.75, 3.05) is 11.3 Å². The number of halogens is 1. The van der Waals surface area contributed by atoms with Crippen LogP contribution in [0.2, 0.25) is 0 Å². The van der Waals surface area contributed by atoms with Crippen LogP contribution < -0.4 is 9.44 Å². The predicted octanol–water partition coefficient (Wildman–Crippen LogP) is 1.11. The maximum Gasteiger partial charge on any atom is 0.299 e. The number of hydrogen-bond donors (Lipinski definition) is 2. The van der Waals surface area contributed by atoms with E-state index in [4.69, 9.17) is 0 Å². The highest BCUT2D eigenvalue weighted by atomic mass is 79.9. The third-order valence-corrected chi connectivity index (χ3v) is 3.13. The van der Waals surface area contributed by atoms with Crippen molar-refractivity contribution in [3.8, 4) is 0 Å². The third-order valence-electron chi connectivity index (χ3n) is 1.34. The molecule has 5 nitrogen and oxygen atoms in total. The van der Waals surface area contributed by atoms with Gasteiger partial charge in [0.15, 0.2) is 0 Å². The first kappa shape index (κ1) is 11.4. The van der Waals surface area contributed by atoms with Gasteiger partial charge in [-0.15, -0.1) is 0 Å². The minimum absolute atomic E-state index is 0.340. The van der Waals surface area contributed by atoms with E-state index in [1.165, 1.54) is 0 Å². The summed E-state index contributed by atoms with van der Waals surface area (Å²) >= 11 is 3.13. The summed E-state index contributed by atoms with van der Waals surface area (Å²) in [7, 11) is -3.48. The number of anilines is 1. The Labute approximate surface area is 91.2 Å². The van der Waals surface area contributed by atoms with Gasteiger partial charge >= 0.3 is 0 Å². The average Bonchev–Trinajstić information content (AvgIpc) is 2.08. The molecule has 78 valence electrons. The van der Waals surface area contributed by atoms with Crippen LogP contribution in [0.1, 0.15) is 6.92 Å². The molecule has 1 rings (SSSR count). The van der Waals surface area contributed by atoms with Crippen molar-refractivity contribution in [3.05, 3.63) is 22.9 Å². The van der Waals surface area contributed by atoms with E-state index in [0.29, 0.717) is 16.8 Å². The normalized spacial score (nSPS) is 11.3. The van der Waals surface area contributed by atoms with E-state index < -0.39 is 10.2 Å². The fourth-order valence-electron chi connectivity index (χ4n) is 0.833. The lowest BCUT2D eigenvalue weighted by Gasteiger charge is -2.08. The lowest BCUT2D eigenvalue weighted by Crippen LogP contribution is -2.29. The molecule has 0 amide bonds. The van der Waals surface area contributed by atoms with Crippen LogP contribution >= 0.6 is 15.9 Å². The molecule has 2 N–H and O–H groups in total. The van der Waals surface area contributed by atoms with Crippen LogP contribution in [-0.4, -0.2) is 19.9 Å². The van der Waals surface area contributed by atoms with Crippen LogP contribution in [0.15, 0.2) is 22.9 Å². The van der Waals surface area contributed by atoms with Gasteiger partial charge in [0.05, 0.1) is 5.69 Å². The van der Waals surface area contributed by atoms with E-state index in [-0.39, 0.29) is 0 Å². The largest absolute Gasteiger partial charge is 0.299 e. The zero-order valence-electron chi connectivity index (χ0n) is 7.49. The van der Waals surface area contributed by atoms with E-state index in [0.717, 1.165) is 0 Å². The fourth-order valence-corrected chi connectivity index (χ4v) is 2.22. The molecule has 1 heterocycles. The van der Waals surface area contributed by atoms with E-state index in [1.54, 1.807) is 25.3 Å². The van der Waals surface area contributed by atoms with Gasteiger partial charge in [-0.05, 0) is 28.1 Å². The first-order chi connectivity index (χ1) is 6.55. The summed E-state index contributed by atoms with van der Waals surface area (Å²) in [5, 5.41) is 0. The number of aromatic nitrogens is 1. The fraction of sp³-hybridized carbons (Fsp3) is 0.286. The van der Waals surface area contributed by atoms with Crippen molar-refractivity contribution >= 4 is 31.8 Å². The second-order valence-corrected chi connectivity index (χ2v) is 4.70. The van der Waals surface area contributed by atoms with Crippen LogP contribution in [0.4, 0.5) is 5.69 Å². The minimum atomic E-state index is -3.48. The number of hydrogen-bond acceptors (Lipinski definition) is 3. The lowest BCUT2D eigenvalue weighted by molar-refractivity contribution is 0.589. The van der Waals surface area contributed by atoms with Crippen molar-refractivity contribution in [2.45, 2.75) is 6.92 Å². The highest BCUT2D eigenvalue weighted by Gasteiger charge is 2.09. The maximum atomic E-state index is 11.3. The number of pyridine rings is 1. The summed E-state index contributed by atoms with van der Waals surface area (Å²) in [4.78, 5) is 3.89. The molecule has 0 unspecified atom stereocenters. The third kappa shape index (κ3) is 3.24. The van der Waals surface area contributed by atoms with Crippen molar-refractivity contribution in [2.24, 2.45) is 0 Å². The van der Waals surface area contributed by atoms with Crippen LogP contribution in [0, 0.1) is 0 Å². The van der Waals surface area contributed by atoms with Gasteiger partial charge in [-0.2, -0.15) is 13.1 Å². The SMILES string of the molecule is CCNS(=O)(=O)Nc1cccnc1Br. The summed E-state index contributed by atoms with van der Waals surface area (Å²) in [6.07, 6.45) is 1.56. The van der Waals surface area contributed by atoms with E-state index in [2.05, 4.69) is 30.4 Å². The maximum absolute atomic E-state index is 11.3. The van der Waals surface area contributed by atoms with Crippen LogP contribution in [-0.2, 0) is 10.2 Å². The van der Waals surface area contributed by atoms with Gasteiger partial charge in [-0.25, -0.2) is 4.98 Å². The lowest BCUT2D eigenvalue weighted by atomic mass is 10.4. The minimum Gasteiger partial charge on any atom is -0.268 e. The molecule has 1 aromatic heterocycles. The molecule has 0 saturated carbocycles. The molecule has 14 heavy (non-hydrogen) atoms. The zero-order chi connectivity index (χ0) is 10.6. The Morgan fingerprint density at radius 3 is 2.86 bits per heavy atom. The van der Waals surface area contributed by atoms with E-state index in [9.17, 15) is 8.42 Å². The van der Waals surface area contributed by atoms with E-state index in [1.807, 2.05) is 0 Å². The van der Waals surface area contributed by atoms with Crippen LogP contribution in [0.3, 0.4) is 0 Å². The van der Waals surface area contributed by atoms with Gasteiger partial charge in [0, 0.05) is 12.7 Å². The molecule has 0 aliphatic carbocycles. The highest BCUT2D eigenvalue weighted by molar-refractivity contribution is 9.10. The smallest absolute Gasteiger partial charge is 0.268 e. The Hall–Kier alpha value is -0.660. The topological polar surface area (TPSA) is 71.1 Å². The van der Waals surface area contributed by atoms with Crippen molar-refractivity contribution in [3.63, 3.8) is 0 Å². The first-order valence-electron chi connectivity index (χ1n) is 3.93. The Morgan fingerprint density at radius 2 is 2.29 bits per heavy atom. The monoisotopic (exact) mass is 279 g/mol. The second-order valence-electron chi connectivity index (χ2n) is 2.45. The standard InChI is InChI=1S/C7H10BrN3O2S/c1-2-10-14(12,13)11-6-4-3-5-9-7(6)8/h3-5,10-11H,2H2,1H3. The molecule has 0 aliphatic heterocycles. The molecule has 0 bridgehead atoms. The summed E-state index contributed by atoms with van der Waals surface area (Å²) in [6.45, 7) is 2.05. The van der Waals surface area contributed by atoms with Crippen molar-refractivity contribution < 1.29 is 8.42 Å². The summed E-state index contributed by atoms with van der Waals surface area (Å²) in [5.41, 5.74) is 0.411. The molecule has 0 fully saturated rings. The van der Waals surface area contributed by atoms with Crippen LogP contribution in [0.25, 0.3) is 0 Å². The van der Waals surface area contributed by atoms with Gasteiger partial charge in [0.25, 0.3) is 10.2 Å². The Kier molecular flexibility index (Phi) is 3.85. The van der Waals surface area contributed by atoms with E-state index >= 15 is 0 Å². The van der Waals surface area contributed by atoms with Gasteiger partial charge in [-0.3, -0.25) is 4.72 Å². The van der Waals surface area contributed by atoms with Crippen molar-refractivity contribution in [1.82, 2.24) is 9.71 Å². The first-order valence-corrected chi connectivity index (χ1v) is 6.20. The highest BCUT2D eigenvalue weighted by Crippen LogP contribution is 2.18. The van der Waals surface area contributed by atoms with Gasteiger partial charge in [-0.1, -0.05) is 6.92 Å². The predicted molar refractivity (Wildman–Crippen MR) is 58.2 cm³/mol. The Balaban J connectivity index is 2.84. The zero-order valence-corrected chi connectivity index (χ0v) is 9.89. The van der Waals surface area contributed by atoms with Gasteiger partial charge in [0.1, 0.15) is 4.60 Å². The molecule has 0 atom stereocenters. The van der Waals surface area contributed by atoms with Crippen LogP contribution in [0.5, 0.6) is 0 Å². The molecule has 0 aliphatic rings. The number of rotatable bonds is 4. The molecular formula is C7H10BrN3O2S. The molecule has 0 spiro atoms. The summed E-state index contributed by atoms with van der Waals surface area (Å²) < 4.78 is 27.7. The van der Waals surface area contributed by atoms with Gasteiger partial charge in [0.2, 0.25) is 0 Å². The molecule has 1 aromatic rings. The molecule has 7 heteroatoms.